The van der Waals surface area contributed by atoms with Gasteiger partial charge in [-0.2, -0.15) is 0 Å². The fraction of sp³-hybridized carbons (Fsp3) is 0.955. The summed E-state index contributed by atoms with van der Waals surface area (Å²) in [6.45, 7) is 1.29. The van der Waals surface area contributed by atoms with Crippen molar-refractivity contribution in [3.8, 4) is 0 Å². The number of nitrogens with one attached hydrogen (secondary N) is 1. The molecule has 0 aromatic rings. The standard InChI is InChI=1S/C22H45NO6/c1-2-3-4-5-6-7-8-9-10-11-12-13-18(26)14-15-23-19(16-24)21(28)22(29)20(27)17-25/h18-20,22-27,29H,2-17H2,1H3/t18?,19-,20+,22+/m0/s1. The molecule has 0 aliphatic carbocycles. The molecule has 29 heavy (non-hydrogen) atoms. The Morgan fingerprint density at radius 1 is 0.759 bits per heavy atom. The van der Waals surface area contributed by atoms with Crippen LogP contribution in [-0.2, 0) is 4.79 Å². The molecule has 0 bridgehead atoms. The number of carbonyl (C=O) groups is 1. The largest absolute Gasteiger partial charge is 0.394 e. The molecule has 0 radical (unpaired) electrons. The normalized spacial score (nSPS) is 15.8. The van der Waals surface area contributed by atoms with Crippen LogP contribution in [0.1, 0.15) is 90.4 Å². The molecule has 0 saturated carbocycles. The molecule has 174 valence electrons. The first-order chi connectivity index (χ1) is 14.0. The van der Waals surface area contributed by atoms with E-state index in [-0.39, 0.29) is 0 Å². The first kappa shape index (κ1) is 28.4. The van der Waals surface area contributed by atoms with Gasteiger partial charge in [0.25, 0.3) is 0 Å². The van der Waals surface area contributed by atoms with Gasteiger partial charge in [-0.05, 0) is 19.4 Å². The summed E-state index contributed by atoms with van der Waals surface area (Å²) in [5.41, 5.74) is 0. The van der Waals surface area contributed by atoms with E-state index < -0.39 is 43.4 Å². The average molecular weight is 420 g/mol. The summed E-state index contributed by atoms with van der Waals surface area (Å²) < 4.78 is 0. The van der Waals surface area contributed by atoms with Crippen molar-refractivity contribution in [2.45, 2.75) is 115 Å². The summed E-state index contributed by atoms with van der Waals surface area (Å²) in [5.74, 6) is -0.770. The zero-order chi connectivity index (χ0) is 21.9. The number of aliphatic hydroxyl groups is 5. The van der Waals surface area contributed by atoms with Crippen LogP contribution in [0.25, 0.3) is 0 Å². The molecule has 7 nitrogen and oxygen atoms in total. The SMILES string of the molecule is CCCCCCCCCCCCCC(O)CCN[C@@H](CO)C(=O)[C@H](O)[C@H](O)CO. The zero-order valence-corrected chi connectivity index (χ0v) is 18.3. The smallest absolute Gasteiger partial charge is 0.183 e. The summed E-state index contributed by atoms with van der Waals surface area (Å²) in [7, 11) is 0. The van der Waals surface area contributed by atoms with Gasteiger partial charge in [-0.25, -0.2) is 0 Å². The molecule has 4 atom stereocenters. The van der Waals surface area contributed by atoms with Crippen LogP contribution < -0.4 is 5.32 Å². The topological polar surface area (TPSA) is 130 Å². The molecule has 7 heteroatoms. The van der Waals surface area contributed by atoms with Crippen molar-refractivity contribution >= 4 is 5.78 Å². The van der Waals surface area contributed by atoms with Gasteiger partial charge in [-0.15, -0.1) is 0 Å². The van der Waals surface area contributed by atoms with Gasteiger partial charge >= 0.3 is 0 Å². The predicted molar refractivity (Wildman–Crippen MR) is 115 cm³/mol. The van der Waals surface area contributed by atoms with Gasteiger partial charge in [0.2, 0.25) is 0 Å². The lowest BCUT2D eigenvalue weighted by Gasteiger charge is -2.21. The second-order valence-electron chi connectivity index (χ2n) is 8.05. The van der Waals surface area contributed by atoms with Crippen LogP contribution in [0.5, 0.6) is 0 Å². The lowest BCUT2D eigenvalue weighted by molar-refractivity contribution is -0.137. The van der Waals surface area contributed by atoms with Crippen molar-refractivity contribution in [3.05, 3.63) is 0 Å². The molecular weight excluding hydrogens is 374 g/mol. The maximum atomic E-state index is 11.9. The Kier molecular flexibility index (Phi) is 19.0. The summed E-state index contributed by atoms with van der Waals surface area (Å²) in [5, 5.41) is 49.8. The van der Waals surface area contributed by atoms with E-state index in [1.165, 1.54) is 57.8 Å². The van der Waals surface area contributed by atoms with Crippen molar-refractivity contribution in [3.63, 3.8) is 0 Å². The third-order valence-corrected chi connectivity index (χ3v) is 5.38. The van der Waals surface area contributed by atoms with E-state index in [0.717, 1.165) is 12.8 Å². The van der Waals surface area contributed by atoms with Crippen LogP contribution >= 0.6 is 0 Å². The van der Waals surface area contributed by atoms with E-state index >= 15 is 0 Å². The summed E-state index contributed by atoms with van der Waals surface area (Å²) in [6, 6.07) is -1.03. The molecule has 0 aliphatic heterocycles. The highest BCUT2D eigenvalue weighted by atomic mass is 16.4. The Labute approximate surface area is 176 Å². The van der Waals surface area contributed by atoms with Gasteiger partial charge in [0.15, 0.2) is 5.78 Å². The average Bonchev–Trinajstić information content (AvgIpc) is 2.73. The molecule has 0 rings (SSSR count). The summed E-state index contributed by atoms with van der Waals surface area (Å²) >= 11 is 0. The van der Waals surface area contributed by atoms with Gasteiger partial charge in [-0.1, -0.05) is 77.6 Å². The molecule has 0 spiro atoms. The van der Waals surface area contributed by atoms with E-state index in [1.54, 1.807) is 0 Å². The number of rotatable bonds is 21. The molecule has 0 aromatic carbocycles. The van der Waals surface area contributed by atoms with Crippen LogP contribution in [0.4, 0.5) is 0 Å². The maximum Gasteiger partial charge on any atom is 0.183 e. The van der Waals surface area contributed by atoms with E-state index in [2.05, 4.69) is 12.2 Å². The molecule has 6 N–H and O–H groups in total. The number of carbonyl (C=O) groups excluding carboxylic acids is 1. The Morgan fingerprint density at radius 3 is 1.76 bits per heavy atom. The van der Waals surface area contributed by atoms with Gasteiger partial charge in [-0.3, -0.25) is 4.79 Å². The van der Waals surface area contributed by atoms with Crippen LogP contribution in [0, 0.1) is 0 Å². The van der Waals surface area contributed by atoms with Gasteiger partial charge in [0.05, 0.1) is 25.4 Å². The minimum absolute atomic E-state index is 0.318. The Hall–Kier alpha value is -0.570. The number of Topliss-reactive ketones (excluding diaryl/α,β-unsaturated/α-hetero) is 1. The van der Waals surface area contributed by atoms with E-state index in [4.69, 9.17) is 5.11 Å². The maximum absolute atomic E-state index is 11.9. The minimum atomic E-state index is -1.74. The number of ketones is 1. The Morgan fingerprint density at radius 2 is 1.28 bits per heavy atom. The van der Waals surface area contributed by atoms with Crippen LogP contribution in [0.15, 0.2) is 0 Å². The van der Waals surface area contributed by atoms with Crippen molar-refractivity contribution < 1.29 is 30.3 Å². The number of aliphatic hydroxyl groups excluding tert-OH is 5. The number of hydrogen-bond donors (Lipinski definition) is 6. The fourth-order valence-corrected chi connectivity index (χ4v) is 3.36. The first-order valence-electron chi connectivity index (χ1n) is 11.5. The molecule has 1 unspecified atom stereocenters. The highest BCUT2D eigenvalue weighted by molar-refractivity contribution is 5.88. The minimum Gasteiger partial charge on any atom is -0.394 e. The van der Waals surface area contributed by atoms with Crippen LogP contribution in [-0.4, -0.2) is 75.4 Å². The quantitative estimate of drug-likeness (QED) is 0.156. The fourth-order valence-electron chi connectivity index (χ4n) is 3.36. The lowest BCUT2D eigenvalue weighted by Crippen LogP contribution is -2.50. The monoisotopic (exact) mass is 419 g/mol. The van der Waals surface area contributed by atoms with Crippen LogP contribution in [0.3, 0.4) is 0 Å². The highest BCUT2D eigenvalue weighted by Crippen LogP contribution is 2.13. The third kappa shape index (κ3) is 15.0. The molecule has 0 heterocycles. The molecule has 0 aliphatic rings. The van der Waals surface area contributed by atoms with E-state index in [1.807, 2.05) is 0 Å². The lowest BCUT2D eigenvalue weighted by atomic mass is 10.0. The first-order valence-corrected chi connectivity index (χ1v) is 11.5. The highest BCUT2D eigenvalue weighted by Gasteiger charge is 2.29. The predicted octanol–water partition coefficient (Wildman–Crippen LogP) is 1.67. The van der Waals surface area contributed by atoms with Gasteiger partial charge < -0.3 is 30.8 Å². The molecule has 0 fully saturated rings. The zero-order valence-electron chi connectivity index (χ0n) is 18.3. The molecular formula is C22H45NO6. The van der Waals surface area contributed by atoms with Crippen molar-refractivity contribution in [1.29, 1.82) is 0 Å². The van der Waals surface area contributed by atoms with Crippen LogP contribution in [0.2, 0.25) is 0 Å². The second kappa shape index (κ2) is 19.4. The Bertz CT molecular complexity index is 382. The number of hydrogen-bond acceptors (Lipinski definition) is 7. The Balaban J connectivity index is 3.68. The number of unbranched alkanes of at least 4 members (excludes halogenated alkanes) is 10. The summed E-state index contributed by atoms with van der Waals surface area (Å²) in [4.78, 5) is 11.9. The van der Waals surface area contributed by atoms with Crippen molar-refractivity contribution in [2.75, 3.05) is 19.8 Å². The molecule has 0 saturated heterocycles. The van der Waals surface area contributed by atoms with E-state index in [0.29, 0.717) is 19.4 Å². The molecule has 0 aromatic heterocycles. The second-order valence-corrected chi connectivity index (χ2v) is 8.05. The van der Waals surface area contributed by atoms with Crippen molar-refractivity contribution in [1.82, 2.24) is 5.32 Å². The molecule has 0 amide bonds. The van der Waals surface area contributed by atoms with Gasteiger partial charge in [0, 0.05) is 0 Å². The summed E-state index contributed by atoms with van der Waals surface area (Å²) in [6.07, 6.45) is 11.3. The van der Waals surface area contributed by atoms with Crippen molar-refractivity contribution in [2.24, 2.45) is 0 Å². The van der Waals surface area contributed by atoms with E-state index in [9.17, 15) is 25.2 Å². The van der Waals surface area contributed by atoms with Gasteiger partial charge in [0.1, 0.15) is 12.2 Å². The third-order valence-electron chi connectivity index (χ3n) is 5.38.